The van der Waals surface area contributed by atoms with Crippen molar-refractivity contribution < 1.29 is 17.9 Å². The quantitative estimate of drug-likeness (QED) is 0.527. The Kier molecular flexibility index (Phi) is 8.28. The number of morpholine rings is 1. The van der Waals surface area contributed by atoms with Crippen molar-refractivity contribution in [2.75, 3.05) is 32.8 Å². The predicted octanol–water partition coefficient (Wildman–Crippen LogP) is 2.42. The van der Waals surface area contributed by atoms with Crippen molar-refractivity contribution in [1.29, 1.82) is 0 Å². The number of carbonyl (C=O) groups excluding carboxylic acids is 1. The summed E-state index contributed by atoms with van der Waals surface area (Å²) in [4.78, 5) is 12.0. The van der Waals surface area contributed by atoms with Crippen LogP contribution in [0.3, 0.4) is 0 Å². The summed E-state index contributed by atoms with van der Waals surface area (Å²) in [5, 5.41) is 2.85. The molecule has 1 heterocycles. The van der Waals surface area contributed by atoms with Crippen molar-refractivity contribution in [2.24, 2.45) is 0 Å². The lowest BCUT2D eigenvalue weighted by molar-refractivity contribution is -0.116. The molecule has 7 heteroatoms. The molecule has 0 atom stereocenters. The average Bonchev–Trinajstić information content (AvgIpc) is 2.67. The molecule has 0 radical (unpaired) electrons. The molecule has 1 N–H and O–H groups in total. The fourth-order valence-corrected chi connectivity index (χ4v) is 4.09. The first-order valence-electron chi connectivity index (χ1n) is 9.18. The van der Waals surface area contributed by atoms with Crippen LogP contribution in [0.5, 0.6) is 0 Å². The molecule has 1 aliphatic heterocycles. The molecule has 144 valence electrons. The van der Waals surface area contributed by atoms with Crippen molar-refractivity contribution >= 4 is 22.0 Å². The second-order valence-corrected chi connectivity index (χ2v) is 8.21. The molecule has 1 fully saturated rings. The van der Waals surface area contributed by atoms with Gasteiger partial charge in [-0.3, -0.25) is 4.79 Å². The van der Waals surface area contributed by atoms with Gasteiger partial charge >= 0.3 is 0 Å². The number of nitrogens with zero attached hydrogens (tertiary/aromatic N) is 1. The maximum absolute atomic E-state index is 12.5. The maximum atomic E-state index is 12.5. The monoisotopic (exact) mass is 380 g/mol. The lowest BCUT2D eigenvalue weighted by atomic mass is 10.2. The van der Waals surface area contributed by atoms with Crippen LogP contribution in [-0.2, 0) is 19.6 Å². The van der Waals surface area contributed by atoms with E-state index in [4.69, 9.17) is 4.74 Å². The van der Waals surface area contributed by atoms with Gasteiger partial charge in [0, 0.05) is 25.7 Å². The summed E-state index contributed by atoms with van der Waals surface area (Å²) >= 11 is 0. The molecule has 0 saturated carbocycles. The highest BCUT2D eigenvalue weighted by molar-refractivity contribution is 7.89. The summed E-state index contributed by atoms with van der Waals surface area (Å²) in [6, 6.07) is 6.57. The van der Waals surface area contributed by atoms with Crippen LogP contribution in [0.25, 0.3) is 6.08 Å². The smallest absolute Gasteiger partial charge is 0.243 e. The Morgan fingerprint density at radius 3 is 2.50 bits per heavy atom. The molecule has 1 aliphatic rings. The van der Waals surface area contributed by atoms with Crippen LogP contribution < -0.4 is 5.32 Å². The Morgan fingerprint density at radius 1 is 1.15 bits per heavy atom. The van der Waals surface area contributed by atoms with Crippen molar-refractivity contribution in [3.05, 3.63) is 35.9 Å². The number of hydrogen-bond donors (Lipinski definition) is 1. The summed E-state index contributed by atoms with van der Waals surface area (Å²) in [6.45, 7) is 4.44. The van der Waals surface area contributed by atoms with Gasteiger partial charge in [0.05, 0.1) is 18.1 Å². The fourth-order valence-electron chi connectivity index (χ4n) is 2.68. The van der Waals surface area contributed by atoms with E-state index in [1.807, 2.05) is 0 Å². The van der Waals surface area contributed by atoms with Crippen molar-refractivity contribution in [3.8, 4) is 0 Å². The molecule has 6 nitrogen and oxygen atoms in total. The van der Waals surface area contributed by atoms with Crippen LogP contribution in [0.4, 0.5) is 0 Å². The molecule has 1 aromatic rings. The summed E-state index contributed by atoms with van der Waals surface area (Å²) < 4.78 is 31.7. The standard InChI is InChI=1S/C19H28N2O4S/c1-2-3-4-5-12-20-19(22)11-8-17-6-9-18(10-7-17)26(23,24)21-13-15-25-16-14-21/h6-11H,2-5,12-16H2,1H3,(H,20,22)/b11-8+. The van der Waals surface area contributed by atoms with Gasteiger partial charge in [0.15, 0.2) is 0 Å². The number of unbranched alkanes of at least 4 members (excludes halogenated alkanes) is 3. The van der Waals surface area contributed by atoms with Crippen LogP contribution in [-0.4, -0.2) is 51.5 Å². The molecule has 2 rings (SSSR count). The summed E-state index contributed by atoms with van der Waals surface area (Å²) in [6.07, 6.45) is 7.63. The van der Waals surface area contributed by atoms with Gasteiger partial charge in [0.25, 0.3) is 0 Å². The van der Waals surface area contributed by atoms with Crippen molar-refractivity contribution in [2.45, 2.75) is 37.5 Å². The van der Waals surface area contributed by atoms with E-state index in [9.17, 15) is 13.2 Å². The number of ether oxygens (including phenoxy) is 1. The molecule has 0 aromatic heterocycles. The average molecular weight is 381 g/mol. The zero-order valence-corrected chi connectivity index (χ0v) is 16.1. The lowest BCUT2D eigenvalue weighted by Crippen LogP contribution is -2.40. The van der Waals surface area contributed by atoms with Gasteiger partial charge in [0.2, 0.25) is 15.9 Å². The van der Waals surface area contributed by atoms with Gasteiger partial charge in [-0.2, -0.15) is 4.31 Å². The molecule has 0 unspecified atom stereocenters. The van der Waals surface area contributed by atoms with Gasteiger partial charge in [-0.1, -0.05) is 38.3 Å². The van der Waals surface area contributed by atoms with E-state index < -0.39 is 10.0 Å². The SMILES string of the molecule is CCCCCCNC(=O)/C=C/c1ccc(S(=O)(=O)N2CCOCC2)cc1. The number of carbonyl (C=O) groups is 1. The maximum Gasteiger partial charge on any atom is 0.243 e. The number of rotatable bonds is 9. The van der Waals surface area contributed by atoms with Gasteiger partial charge in [-0.15, -0.1) is 0 Å². The van der Waals surface area contributed by atoms with Crippen molar-refractivity contribution in [1.82, 2.24) is 9.62 Å². The number of benzene rings is 1. The minimum atomic E-state index is -3.48. The Morgan fingerprint density at radius 2 is 1.85 bits per heavy atom. The van der Waals surface area contributed by atoms with E-state index in [0.29, 0.717) is 32.8 Å². The van der Waals surface area contributed by atoms with E-state index in [0.717, 1.165) is 18.4 Å². The van der Waals surface area contributed by atoms with Crippen LogP contribution in [0.2, 0.25) is 0 Å². The molecule has 1 saturated heterocycles. The van der Waals surface area contributed by atoms with Crippen LogP contribution in [0.15, 0.2) is 35.2 Å². The molecule has 0 bridgehead atoms. The van der Waals surface area contributed by atoms with E-state index >= 15 is 0 Å². The molecule has 0 spiro atoms. The highest BCUT2D eigenvalue weighted by Gasteiger charge is 2.25. The zero-order valence-electron chi connectivity index (χ0n) is 15.3. The Balaban J connectivity index is 1.87. The highest BCUT2D eigenvalue weighted by Crippen LogP contribution is 2.18. The number of nitrogens with one attached hydrogen (secondary N) is 1. The van der Waals surface area contributed by atoms with Crippen LogP contribution in [0.1, 0.15) is 38.2 Å². The summed E-state index contributed by atoms with van der Waals surface area (Å²) in [5.41, 5.74) is 0.784. The third-order valence-corrected chi connectivity index (χ3v) is 6.16. The molecule has 0 aliphatic carbocycles. The first-order valence-corrected chi connectivity index (χ1v) is 10.6. The third-order valence-electron chi connectivity index (χ3n) is 4.24. The molecule has 1 amide bonds. The zero-order chi connectivity index (χ0) is 18.8. The van der Waals surface area contributed by atoms with E-state index in [1.165, 1.54) is 23.2 Å². The second kappa shape index (κ2) is 10.4. The minimum absolute atomic E-state index is 0.133. The van der Waals surface area contributed by atoms with Crippen LogP contribution >= 0.6 is 0 Å². The highest BCUT2D eigenvalue weighted by atomic mass is 32.2. The molecular weight excluding hydrogens is 352 g/mol. The van der Waals surface area contributed by atoms with Gasteiger partial charge in [-0.05, 0) is 30.2 Å². The van der Waals surface area contributed by atoms with Gasteiger partial charge in [0.1, 0.15) is 0 Å². The predicted molar refractivity (Wildman–Crippen MR) is 102 cm³/mol. The Bertz CT molecular complexity index is 693. The van der Waals surface area contributed by atoms with E-state index in [-0.39, 0.29) is 10.8 Å². The number of sulfonamides is 1. The number of hydrogen-bond acceptors (Lipinski definition) is 4. The van der Waals surface area contributed by atoms with Gasteiger partial charge in [-0.25, -0.2) is 8.42 Å². The normalized spacial score (nSPS) is 16.0. The first-order chi connectivity index (χ1) is 12.5. The largest absolute Gasteiger partial charge is 0.379 e. The third kappa shape index (κ3) is 6.23. The Hall–Kier alpha value is -1.70. The van der Waals surface area contributed by atoms with E-state index in [2.05, 4.69) is 12.2 Å². The fraction of sp³-hybridized carbons (Fsp3) is 0.526. The first kappa shape index (κ1) is 20.6. The van der Waals surface area contributed by atoms with E-state index in [1.54, 1.807) is 30.3 Å². The molecule has 1 aromatic carbocycles. The summed E-state index contributed by atoms with van der Waals surface area (Å²) in [5.74, 6) is -0.133. The summed E-state index contributed by atoms with van der Waals surface area (Å²) in [7, 11) is -3.48. The van der Waals surface area contributed by atoms with Crippen molar-refractivity contribution in [3.63, 3.8) is 0 Å². The molecular formula is C19H28N2O4S. The molecule has 26 heavy (non-hydrogen) atoms. The topological polar surface area (TPSA) is 75.7 Å². The second-order valence-electron chi connectivity index (χ2n) is 6.27. The van der Waals surface area contributed by atoms with Gasteiger partial charge < -0.3 is 10.1 Å². The minimum Gasteiger partial charge on any atom is -0.379 e. The Labute approximate surface area is 156 Å². The number of amides is 1. The lowest BCUT2D eigenvalue weighted by Gasteiger charge is -2.26. The van der Waals surface area contributed by atoms with Crippen LogP contribution in [0, 0.1) is 0 Å².